The van der Waals surface area contributed by atoms with Crippen molar-refractivity contribution in [1.82, 2.24) is 19.2 Å². The van der Waals surface area contributed by atoms with Gasteiger partial charge in [0.05, 0.1) is 6.67 Å². The molecular weight excluding hydrogens is 305 g/mol. The summed E-state index contributed by atoms with van der Waals surface area (Å²) in [6.45, 7) is 0.717. The molecule has 2 heterocycles. The molecule has 1 aliphatic carbocycles. The van der Waals surface area contributed by atoms with E-state index in [1.54, 1.807) is 11.0 Å². The number of alkyl halides is 3. The quantitative estimate of drug-likeness (QED) is 0.866. The largest absolute Gasteiger partial charge is 0.417 e. The van der Waals surface area contributed by atoms with Crippen LogP contribution in [0.25, 0.3) is 0 Å². The van der Waals surface area contributed by atoms with Crippen LogP contribution in [0.15, 0.2) is 6.33 Å². The zero-order valence-electron chi connectivity index (χ0n) is 11.4. The van der Waals surface area contributed by atoms with Gasteiger partial charge in [-0.3, -0.25) is 4.90 Å². The van der Waals surface area contributed by atoms with Gasteiger partial charge in [-0.25, -0.2) is 4.68 Å². The highest BCUT2D eigenvalue weighted by Gasteiger charge is 2.54. The van der Waals surface area contributed by atoms with Gasteiger partial charge in [0.2, 0.25) is 0 Å². The number of piperidine rings is 1. The first kappa shape index (κ1) is 15.0. The second kappa shape index (κ2) is 5.06. The van der Waals surface area contributed by atoms with Gasteiger partial charge < -0.3 is 9.67 Å². The molecule has 2 aliphatic rings. The maximum atomic E-state index is 12.7. The van der Waals surface area contributed by atoms with Crippen LogP contribution in [0.4, 0.5) is 13.2 Å². The summed E-state index contributed by atoms with van der Waals surface area (Å²) in [6.07, 6.45) is -1.30. The van der Waals surface area contributed by atoms with Crippen LogP contribution in [-0.2, 0) is 6.67 Å². The third-order valence-electron chi connectivity index (χ3n) is 4.24. The van der Waals surface area contributed by atoms with Crippen LogP contribution in [0.2, 0.25) is 0 Å². The Kier molecular flexibility index (Phi) is 3.61. The molecule has 21 heavy (non-hydrogen) atoms. The predicted octanol–water partition coefficient (Wildman–Crippen LogP) is 2.10. The average molecular weight is 322 g/mol. The number of rotatable bonds is 3. The molecule has 1 N–H and O–H groups in total. The maximum Gasteiger partial charge on any atom is 0.417 e. The van der Waals surface area contributed by atoms with Crippen molar-refractivity contribution >= 4 is 12.2 Å². The molecule has 1 aromatic rings. The van der Waals surface area contributed by atoms with Crippen LogP contribution in [-0.4, -0.2) is 49.2 Å². The normalized spacial score (nSPS) is 23.4. The zero-order chi connectivity index (χ0) is 15.3. The van der Waals surface area contributed by atoms with Gasteiger partial charge >= 0.3 is 6.18 Å². The summed E-state index contributed by atoms with van der Waals surface area (Å²) in [5.74, 6) is 0. The Morgan fingerprint density at radius 2 is 1.95 bits per heavy atom. The fraction of sp³-hybridized carbons (Fsp3) is 0.833. The molecule has 2 fully saturated rings. The van der Waals surface area contributed by atoms with E-state index < -0.39 is 11.8 Å². The van der Waals surface area contributed by atoms with E-state index in [1.165, 1.54) is 0 Å². The topological polar surface area (TPSA) is 46.2 Å². The van der Waals surface area contributed by atoms with Crippen LogP contribution in [0, 0.1) is 4.77 Å². The van der Waals surface area contributed by atoms with E-state index in [-0.39, 0.29) is 25.9 Å². The molecule has 0 unspecified atom stereocenters. The Morgan fingerprint density at radius 1 is 1.33 bits per heavy atom. The van der Waals surface area contributed by atoms with Crippen molar-refractivity contribution in [3.8, 4) is 0 Å². The minimum Gasteiger partial charge on any atom is -0.380 e. The Bertz CT molecular complexity index is 570. The zero-order valence-corrected chi connectivity index (χ0v) is 12.2. The van der Waals surface area contributed by atoms with Crippen LogP contribution in [0.5, 0.6) is 0 Å². The number of likely N-dealkylation sites (tertiary alicyclic amines) is 1. The summed E-state index contributed by atoms with van der Waals surface area (Å²) in [4.78, 5) is 1.83. The van der Waals surface area contributed by atoms with E-state index >= 15 is 0 Å². The van der Waals surface area contributed by atoms with Gasteiger partial charge in [-0.15, -0.1) is 0 Å². The molecule has 0 radical (unpaired) electrons. The molecule has 118 valence electrons. The third kappa shape index (κ3) is 2.86. The van der Waals surface area contributed by atoms with Crippen LogP contribution in [0.1, 0.15) is 31.7 Å². The first-order chi connectivity index (χ1) is 9.80. The smallest absolute Gasteiger partial charge is 0.380 e. The predicted molar refractivity (Wildman–Crippen MR) is 71.1 cm³/mol. The number of aliphatic hydroxyl groups is 1. The fourth-order valence-corrected chi connectivity index (χ4v) is 2.89. The minimum absolute atomic E-state index is 0.175. The molecule has 0 atom stereocenters. The van der Waals surface area contributed by atoms with Gasteiger partial charge in [-0.05, 0) is 37.9 Å². The molecule has 3 rings (SSSR count). The number of nitrogens with zero attached hydrogens (tertiary/aromatic N) is 4. The summed E-state index contributed by atoms with van der Waals surface area (Å²) in [6, 6.07) is 0.433. The monoisotopic (exact) mass is 322 g/mol. The molecule has 1 aromatic heterocycles. The highest BCUT2D eigenvalue weighted by atomic mass is 32.1. The lowest BCUT2D eigenvalue weighted by atomic mass is 9.91. The fourth-order valence-electron chi connectivity index (χ4n) is 2.59. The van der Waals surface area contributed by atoms with Gasteiger partial charge in [-0.2, -0.15) is 18.3 Å². The van der Waals surface area contributed by atoms with E-state index in [4.69, 9.17) is 12.2 Å². The first-order valence-electron chi connectivity index (χ1n) is 6.96. The van der Waals surface area contributed by atoms with Crippen molar-refractivity contribution in [2.24, 2.45) is 0 Å². The van der Waals surface area contributed by atoms with Crippen LogP contribution >= 0.6 is 12.2 Å². The molecule has 9 heteroatoms. The van der Waals surface area contributed by atoms with Crippen molar-refractivity contribution in [3.05, 3.63) is 11.1 Å². The Hall–Kier alpha value is -0.930. The van der Waals surface area contributed by atoms with Gasteiger partial charge in [-0.1, -0.05) is 0 Å². The Labute approximate surface area is 125 Å². The highest BCUT2D eigenvalue weighted by Crippen LogP contribution is 2.38. The van der Waals surface area contributed by atoms with E-state index in [1.807, 2.05) is 9.47 Å². The van der Waals surface area contributed by atoms with Crippen molar-refractivity contribution in [2.45, 2.75) is 50.2 Å². The molecular formula is C12H17F3N4OS. The van der Waals surface area contributed by atoms with E-state index in [0.717, 1.165) is 12.8 Å². The number of hydrogen-bond donors (Lipinski definition) is 1. The lowest BCUT2D eigenvalue weighted by molar-refractivity contribution is -0.273. The molecule has 1 saturated carbocycles. The van der Waals surface area contributed by atoms with Crippen molar-refractivity contribution in [2.75, 3.05) is 13.1 Å². The van der Waals surface area contributed by atoms with E-state index in [2.05, 4.69) is 5.10 Å². The summed E-state index contributed by atoms with van der Waals surface area (Å²) in [5, 5.41) is 13.8. The molecule has 1 aliphatic heterocycles. The minimum atomic E-state index is -4.57. The van der Waals surface area contributed by atoms with E-state index in [0.29, 0.717) is 17.5 Å². The standard InChI is InChI=1S/C12H17F3N4OS/c13-12(14,15)11(20)3-5-17(6-4-11)8-19-10(21)18(7-16-19)9-1-2-9/h7,9,20H,1-6,8H2. The van der Waals surface area contributed by atoms with E-state index in [9.17, 15) is 18.3 Å². The average Bonchev–Trinajstić information content (AvgIpc) is 3.18. The Balaban J connectivity index is 1.62. The molecule has 1 saturated heterocycles. The summed E-state index contributed by atoms with van der Waals surface area (Å²) in [7, 11) is 0. The molecule has 5 nitrogen and oxygen atoms in total. The van der Waals surface area contributed by atoms with Crippen molar-refractivity contribution in [3.63, 3.8) is 0 Å². The Morgan fingerprint density at radius 3 is 2.48 bits per heavy atom. The molecule has 0 amide bonds. The second-order valence-corrected chi connectivity index (χ2v) is 6.21. The first-order valence-corrected chi connectivity index (χ1v) is 7.36. The van der Waals surface area contributed by atoms with Crippen LogP contribution < -0.4 is 0 Å². The van der Waals surface area contributed by atoms with Crippen LogP contribution in [0.3, 0.4) is 0 Å². The van der Waals surface area contributed by atoms with Crippen molar-refractivity contribution < 1.29 is 18.3 Å². The SMILES string of the molecule is OC1(C(F)(F)F)CCN(Cn2ncn(C3CC3)c2=S)CC1. The summed E-state index contributed by atoms with van der Waals surface area (Å²) < 4.78 is 42.4. The highest BCUT2D eigenvalue weighted by molar-refractivity contribution is 7.71. The molecule has 0 spiro atoms. The molecule has 0 aromatic carbocycles. The maximum absolute atomic E-state index is 12.7. The lowest BCUT2D eigenvalue weighted by Crippen LogP contribution is -2.53. The number of halogens is 3. The summed E-state index contributed by atoms with van der Waals surface area (Å²) in [5.41, 5.74) is -2.56. The van der Waals surface area contributed by atoms with Gasteiger partial charge in [0.15, 0.2) is 10.4 Å². The van der Waals surface area contributed by atoms with Gasteiger partial charge in [0.1, 0.15) is 6.33 Å². The third-order valence-corrected chi connectivity index (χ3v) is 4.66. The van der Waals surface area contributed by atoms with Crippen molar-refractivity contribution in [1.29, 1.82) is 0 Å². The number of hydrogen-bond acceptors (Lipinski definition) is 4. The summed E-state index contributed by atoms with van der Waals surface area (Å²) >= 11 is 5.32. The van der Waals surface area contributed by atoms with Gasteiger partial charge in [0.25, 0.3) is 0 Å². The molecule has 0 bridgehead atoms. The lowest BCUT2D eigenvalue weighted by Gasteiger charge is -2.38. The van der Waals surface area contributed by atoms with Gasteiger partial charge in [0, 0.05) is 19.1 Å². The number of aromatic nitrogens is 3. The second-order valence-electron chi connectivity index (χ2n) is 5.84.